The van der Waals surface area contributed by atoms with Crippen molar-refractivity contribution in [2.24, 2.45) is 0 Å². The van der Waals surface area contributed by atoms with Gasteiger partial charge in [-0.2, -0.15) is 0 Å². The van der Waals surface area contributed by atoms with Gasteiger partial charge in [0.15, 0.2) is 0 Å². The van der Waals surface area contributed by atoms with Crippen molar-refractivity contribution in [1.82, 2.24) is 5.32 Å². The van der Waals surface area contributed by atoms with Gasteiger partial charge in [-0.1, -0.05) is 28.1 Å². The van der Waals surface area contributed by atoms with Crippen molar-refractivity contribution in [2.75, 3.05) is 5.32 Å². The van der Waals surface area contributed by atoms with E-state index in [4.69, 9.17) is 0 Å². The van der Waals surface area contributed by atoms with E-state index in [1.807, 2.05) is 30.3 Å². The summed E-state index contributed by atoms with van der Waals surface area (Å²) in [6, 6.07) is 12.3. The minimum absolute atomic E-state index is 0.110. The number of benzene rings is 2. The Balaban J connectivity index is 1.73. The highest BCUT2D eigenvalue weighted by molar-refractivity contribution is 9.10. The summed E-state index contributed by atoms with van der Waals surface area (Å²) in [7, 11) is 0. The van der Waals surface area contributed by atoms with Crippen molar-refractivity contribution >= 4 is 38.4 Å². The van der Waals surface area contributed by atoms with Crippen LogP contribution in [0.25, 0.3) is 10.8 Å². The Bertz CT molecular complexity index is 623. The minimum Gasteiger partial charge on any atom is -0.335 e. The van der Waals surface area contributed by atoms with Gasteiger partial charge in [0.1, 0.15) is 0 Å². The molecule has 0 saturated heterocycles. The lowest BCUT2D eigenvalue weighted by Gasteiger charge is -2.26. The molecule has 0 bridgehead atoms. The van der Waals surface area contributed by atoms with Crippen molar-refractivity contribution in [3.05, 3.63) is 40.9 Å². The highest BCUT2D eigenvalue weighted by atomic mass is 79.9. The van der Waals surface area contributed by atoms with Crippen LogP contribution in [0.15, 0.2) is 40.9 Å². The van der Waals surface area contributed by atoms with Crippen LogP contribution in [0.3, 0.4) is 0 Å². The molecule has 19 heavy (non-hydrogen) atoms. The fourth-order valence-electron chi connectivity index (χ4n) is 2.20. The van der Waals surface area contributed by atoms with Gasteiger partial charge in [0, 0.05) is 16.2 Å². The first-order valence-electron chi connectivity index (χ1n) is 6.47. The summed E-state index contributed by atoms with van der Waals surface area (Å²) >= 11 is 3.45. The van der Waals surface area contributed by atoms with E-state index < -0.39 is 0 Å². The van der Waals surface area contributed by atoms with Gasteiger partial charge in [-0.25, -0.2) is 4.79 Å². The normalized spacial score (nSPS) is 15.0. The van der Waals surface area contributed by atoms with E-state index in [1.54, 1.807) is 0 Å². The molecule has 3 nitrogen and oxygen atoms in total. The number of carbonyl (C=O) groups excluding carboxylic acids is 1. The van der Waals surface area contributed by atoms with Crippen molar-refractivity contribution in [1.29, 1.82) is 0 Å². The molecule has 1 saturated carbocycles. The van der Waals surface area contributed by atoms with E-state index in [-0.39, 0.29) is 6.03 Å². The molecule has 4 heteroatoms. The number of fused-ring (bicyclic) bond motifs is 1. The van der Waals surface area contributed by atoms with Crippen LogP contribution in [0.5, 0.6) is 0 Å². The second-order valence-corrected chi connectivity index (χ2v) is 5.85. The largest absolute Gasteiger partial charge is 0.335 e. The maximum Gasteiger partial charge on any atom is 0.319 e. The zero-order valence-electron chi connectivity index (χ0n) is 10.4. The van der Waals surface area contributed by atoms with Gasteiger partial charge < -0.3 is 10.6 Å². The molecule has 1 aliphatic rings. The molecule has 2 N–H and O–H groups in total. The molecule has 0 radical (unpaired) electrons. The highest BCUT2D eigenvalue weighted by Crippen LogP contribution is 2.23. The van der Waals surface area contributed by atoms with Crippen molar-refractivity contribution in [3.63, 3.8) is 0 Å². The van der Waals surface area contributed by atoms with Crippen molar-refractivity contribution < 1.29 is 4.79 Å². The maximum atomic E-state index is 11.8. The Morgan fingerprint density at radius 3 is 2.58 bits per heavy atom. The van der Waals surface area contributed by atoms with E-state index in [0.29, 0.717) is 6.04 Å². The van der Waals surface area contributed by atoms with Crippen molar-refractivity contribution in [3.8, 4) is 0 Å². The quantitative estimate of drug-likeness (QED) is 0.852. The molecule has 2 aromatic carbocycles. The summed E-state index contributed by atoms with van der Waals surface area (Å²) in [6.07, 6.45) is 3.41. The number of anilines is 1. The van der Waals surface area contributed by atoms with Crippen LogP contribution < -0.4 is 10.6 Å². The zero-order valence-corrected chi connectivity index (χ0v) is 12.0. The standard InChI is InChI=1S/C15H15BrN2O/c16-12-6-4-11-9-14(7-5-10(11)8-12)18-15(19)17-13-2-1-3-13/h4-9,13H,1-3H2,(H2,17,18,19). The molecule has 1 fully saturated rings. The van der Waals surface area contributed by atoms with Crippen LogP contribution in [-0.2, 0) is 0 Å². The average molecular weight is 319 g/mol. The molecule has 0 atom stereocenters. The fraction of sp³-hybridized carbons (Fsp3) is 0.267. The van der Waals surface area contributed by atoms with Crippen LogP contribution in [-0.4, -0.2) is 12.1 Å². The topological polar surface area (TPSA) is 41.1 Å². The molecule has 0 aromatic heterocycles. The molecule has 3 rings (SSSR count). The predicted molar refractivity (Wildman–Crippen MR) is 81.4 cm³/mol. The molecule has 1 aliphatic carbocycles. The first kappa shape index (κ1) is 12.5. The van der Waals surface area contributed by atoms with Gasteiger partial charge in [-0.15, -0.1) is 0 Å². The van der Waals surface area contributed by atoms with Crippen molar-refractivity contribution in [2.45, 2.75) is 25.3 Å². The highest BCUT2D eigenvalue weighted by Gasteiger charge is 2.19. The second-order valence-electron chi connectivity index (χ2n) is 4.93. The lowest BCUT2D eigenvalue weighted by Crippen LogP contribution is -2.41. The molecule has 0 aliphatic heterocycles. The minimum atomic E-state index is -0.110. The molecule has 2 aromatic rings. The maximum absolute atomic E-state index is 11.8. The Kier molecular flexibility index (Phi) is 3.42. The summed E-state index contributed by atoms with van der Waals surface area (Å²) in [4.78, 5) is 11.8. The van der Waals surface area contributed by atoms with E-state index in [2.05, 4.69) is 32.6 Å². The Labute approximate surface area is 120 Å². The van der Waals surface area contributed by atoms with Gasteiger partial charge >= 0.3 is 6.03 Å². The number of hydrogen-bond acceptors (Lipinski definition) is 1. The molecule has 0 spiro atoms. The number of hydrogen-bond donors (Lipinski definition) is 2. The zero-order chi connectivity index (χ0) is 13.2. The van der Waals surface area contributed by atoms with Gasteiger partial charge in [-0.3, -0.25) is 0 Å². The third-order valence-corrected chi connectivity index (χ3v) is 3.99. The fourth-order valence-corrected chi connectivity index (χ4v) is 2.58. The lowest BCUT2D eigenvalue weighted by atomic mass is 9.93. The summed E-state index contributed by atoms with van der Waals surface area (Å²) in [5.41, 5.74) is 0.826. The van der Waals surface area contributed by atoms with E-state index in [9.17, 15) is 4.79 Å². The summed E-state index contributed by atoms with van der Waals surface area (Å²) in [5, 5.41) is 8.12. The molecule has 0 heterocycles. The Hall–Kier alpha value is -1.55. The van der Waals surface area contributed by atoms with Gasteiger partial charge in [0.25, 0.3) is 0 Å². The smallest absolute Gasteiger partial charge is 0.319 e. The molecule has 98 valence electrons. The number of nitrogens with one attached hydrogen (secondary N) is 2. The van der Waals surface area contributed by atoms with E-state index >= 15 is 0 Å². The number of amides is 2. The van der Waals surface area contributed by atoms with Crippen LogP contribution in [0.2, 0.25) is 0 Å². The third kappa shape index (κ3) is 2.89. The summed E-state index contributed by atoms with van der Waals surface area (Å²) in [6.45, 7) is 0. The van der Waals surface area contributed by atoms with Gasteiger partial charge in [-0.05, 0) is 54.3 Å². The lowest BCUT2D eigenvalue weighted by molar-refractivity contribution is 0.240. The molecular formula is C15H15BrN2O. The number of rotatable bonds is 2. The first-order chi connectivity index (χ1) is 9.20. The first-order valence-corrected chi connectivity index (χ1v) is 7.27. The SMILES string of the molecule is O=C(Nc1ccc2cc(Br)ccc2c1)NC1CCC1. The van der Waals surface area contributed by atoms with Crippen LogP contribution in [0.1, 0.15) is 19.3 Å². The second kappa shape index (κ2) is 5.21. The monoisotopic (exact) mass is 318 g/mol. The molecule has 0 unspecified atom stereocenters. The number of halogens is 1. The van der Waals surface area contributed by atoms with E-state index in [0.717, 1.165) is 33.8 Å². The molecule has 2 amide bonds. The van der Waals surface area contributed by atoms with Gasteiger partial charge in [0.05, 0.1) is 0 Å². The van der Waals surface area contributed by atoms with Crippen LogP contribution in [0, 0.1) is 0 Å². The summed E-state index contributed by atoms with van der Waals surface area (Å²) in [5.74, 6) is 0. The van der Waals surface area contributed by atoms with Crippen LogP contribution in [0.4, 0.5) is 10.5 Å². The predicted octanol–water partition coefficient (Wildman–Crippen LogP) is 4.28. The summed E-state index contributed by atoms with van der Waals surface area (Å²) < 4.78 is 1.06. The van der Waals surface area contributed by atoms with E-state index in [1.165, 1.54) is 6.42 Å². The van der Waals surface area contributed by atoms with Gasteiger partial charge in [0.2, 0.25) is 0 Å². The Morgan fingerprint density at radius 2 is 1.84 bits per heavy atom. The number of urea groups is 1. The Morgan fingerprint density at radius 1 is 1.11 bits per heavy atom. The van der Waals surface area contributed by atoms with Crippen LogP contribution >= 0.6 is 15.9 Å². The average Bonchev–Trinajstić information content (AvgIpc) is 2.34. The third-order valence-electron chi connectivity index (χ3n) is 3.50. The number of carbonyl (C=O) groups is 1. The molecular weight excluding hydrogens is 304 g/mol.